The van der Waals surface area contributed by atoms with Crippen molar-refractivity contribution in [1.82, 2.24) is 4.90 Å². The average Bonchev–Trinajstić information content (AvgIpc) is 2.45. The second-order valence-electron chi connectivity index (χ2n) is 6.83. The topological polar surface area (TPSA) is 20.3 Å². The fourth-order valence-corrected chi connectivity index (χ4v) is 3.11. The Hall–Kier alpha value is -1.15. The summed E-state index contributed by atoms with van der Waals surface area (Å²) in [7, 11) is 0. The quantitative estimate of drug-likeness (QED) is 0.774. The molecule has 1 heterocycles. The van der Waals surface area contributed by atoms with E-state index in [9.17, 15) is 4.79 Å². The molecule has 1 aliphatic rings. The van der Waals surface area contributed by atoms with Crippen LogP contribution in [0.15, 0.2) is 24.3 Å². The lowest BCUT2D eigenvalue weighted by Crippen LogP contribution is -2.47. The highest BCUT2D eigenvalue weighted by Gasteiger charge is 2.31. The van der Waals surface area contributed by atoms with E-state index in [1.807, 2.05) is 12.1 Å². The maximum Gasteiger partial charge on any atom is 0.179 e. The Bertz CT molecular complexity index is 461. The second kappa shape index (κ2) is 6.09. The first-order valence-electron chi connectivity index (χ1n) is 7.80. The van der Waals surface area contributed by atoms with Gasteiger partial charge in [0.25, 0.3) is 0 Å². The maximum absolute atomic E-state index is 12.6. The summed E-state index contributed by atoms with van der Waals surface area (Å²) in [6.07, 6.45) is 3.47. The third kappa shape index (κ3) is 3.49. The van der Waals surface area contributed by atoms with Crippen LogP contribution in [0.1, 0.15) is 56.5 Å². The first-order valence-corrected chi connectivity index (χ1v) is 7.80. The fraction of sp³-hybridized carbons (Fsp3) is 0.611. The molecular weight excluding hydrogens is 246 g/mol. The number of carbonyl (C=O) groups is 1. The number of hydrogen-bond acceptors (Lipinski definition) is 2. The minimum Gasteiger partial charge on any atom is -0.293 e. The summed E-state index contributed by atoms with van der Waals surface area (Å²) in [5.74, 6) is 0.255. The van der Waals surface area contributed by atoms with Crippen LogP contribution in [0.4, 0.5) is 0 Å². The third-order valence-electron chi connectivity index (χ3n) is 4.50. The van der Waals surface area contributed by atoms with Crippen LogP contribution in [0.25, 0.3) is 0 Å². The van der Waals surface area contributed by atoms with E-state index >= 15 is 0 Å². The molecule has 110 valence electrons. The van der Waals surface area contributed by atoms with Crippen LogP contribution < -0.4 is 0 Å². The SMILES string of the molecule is CCc1ccc(C(=O)C(C)N2CCCC(C)(C)C2)cc1. The molecule has 2 nitrogen and oxygen atoms in total. The molecule has 0 radical (unpaired) electrons. The summed E-state index contributed by atoms with van der Waals surface area (Å²) in [6.45, 7) is 10.8. The summed E-state index contributed by atoms with van der Waals surface area (Å²) in [6, 6.07) is 8.08. The van der Waals surface area contributed by atoms with E-state index < -0.39 is 0 Å². The Morgan fingerprint density at radius 1 is 1.30 bits per heavy atom. The Balaban J connectivity index is 2.07. The van der Waals surface area contributed by atoms with Gasteiger partial charge in [-0.25, -0.2) is 0 Å². The molecule has 1 saturated heterocycles. The van der Waals surface area contributed by atoms with Gasteiger partial charge in [0.2, 0.25) is 0 Å². The molecule has 0 aliphatic carbocycles. The van der Waals surface area contributed by atoms with Crippen LogP contribution in [-0.4, -0.2) is 29.8 Å². The summed E-state index contributed by atoms with van der Waals surface area (Å²) in [5, 5.41) is 0. The van der Waals surface area contributed by atoms with Crippen molar-refractivity contribution in [3.05, 3.63) is 35.4 Å². The van der Waals surface area contributed by atoms with Crippen LogP contribution in [-0.2, 0) is 6.42 Å². The summed E-state index contributed by atoms with van der Waals surface area (Å²) in [4.78, 5) is 15.0. The molecule has 2 rings (SSSR count). The second-order valence-corrected chi connectivity index (χ2v) is 6.83. The lowest BCUT2D eigenvalue weighted by Gasteiger charge is -2.40. The number of likely N-dealkylation sites (tertiary alicyclic amines) is 1. The lowest BCUT2D eigenvalue weighted by atomic mass is 9.83. The van der Waals surface area contributed by atoms with Crippen molar-refractivity contribution in [2.75, 3.05) is 13.1 Å². The molecule has 0 bridgehead atoms. The highest BCUT2D eigenvalue weighted by atomic mass is 16.1. The number of Topliss-reactive ketones (excluding diaryl/α,β-unsaturated/α-hetero) is 1. The van der Waals surface area contributed by atoms with Crippen molar-refractivity contribution >= 4 is 5.78 Å². The molecule has 0 aromatic heterocycles. The Kier molecular flexibility index (Phi) is 4.64. The molecule has 20 heavy (non-hydrogen) atoms. The monoisotopic (exact) mass is 273 g/mol. The normalized spacial score (nSPS) is 20.6. The molecule has 1 aromatic carbocycles. The van der Waals surface area contributed by atoms with Crippen molar-refractivity contribution in [1.29, 1.82) is 0 Å². The number of aryl methyl sites for hydroxylation is 1. The number of benzene rings is 1. The van der Waals surface area contributed by atoms with E-state index in [4.69, 9.17) is 0 Å². The van der Waals surface area contributed by atoms with E-state index in [-0.39, 0.29) is 11.8 Å². The lowest BCUT2D eigenvalue weighted by molar-refractivity contribution is 0.0626. The Labute approximate surface area is 123 Å². The maximum atomic E-state index is 12.6. The number of piperidine rings is 1. The van der Waals surface area contributed by atoms with Crippen molar-refractivity contribution in [3.8, 4) is 0 Å². The zero-order valence-corrected chi connectivity index (χ0v) is 13.3. The number of nitrogens with zero attached hydrogens (tertiary/aromatic N) is 1. The van der Waals surface area contributed by atoms with Gasteiger partial charge < -0.3 is 0 Å². The molecule has 0 amide bonds. The van der Waals surface area contributed by atoms with Gasteiger partial charge in [-0.05, 0) is 43.7 Å². The minimum absolute atomic E-state index is 0.0120. The van der Waals surface area contributed by atoms with Gasteiger partial charge in [0, 0.05) is 12.1 Å². The molecule has 1 aliphatic heterocycles. The van der Waals surface area contributed by atoms with E-state index in [0.29, 0.717) is 5.41 Å². The fourth-order valence-electron chi connectivity index (χ4n) is 3.11. The van der Waals surface area contributed by atoms with Crippen LogP contribution in [0.5, 0.6) is 0 Å². The number of ketones is 1. The van der Waals surface area contributed by atoms with Gasteiger partial charge in [-0.2, -0.15) is 0 Å². The summed E-state index contributed by atoms with van der Waals surface area (Å²) in [5.41, 5.74) is 2.46. The Morgan fingerprint density at radius 2 is 1.95 bits per heavy atom. The zero-order valence-electron chi connectivity index (χ0n) is 13.3. The van der Waals surface area contributed by atoms with Crippen LogP contribution in [0.3, 0.4) is 0 Å². The smallest absolute Gasteiger partial charge is 0.179 e. The average molecular weight is 273 g/mol. The van der Waals surface area contributed by atoms with Gasteiger partial charge >= 0.3 is 0 Å². The highest BCUT2D eigenvalue weighted by molar-refractivity contribution is 5.99. The van der Waals surface area contributed by atoms with Crippen molar-refractivity contribution in [2.24, 2.45) is 5.41 Å². The van der Waals surface area contributed by atoms with Gasteiger partial charge in [0.15, 0.2) is 5.78 Å². The van der Waals surface area contributed by atoms with Crippen molar-refractivity contribution in [2.45, 2.75) is 53.0 Å². The largest absolute Gasteiger partial charge is 0.293 e. The molecular formula is C18H27NO. The molecule has 1 atom stereocenters. The Morgan fingerprint density at radius 3 is 2.50 bits per heavy atom. The number of rotatable bonds is 4. The van der Waals surface area contributed by atoms with Crippen molar-refractivity contribution < 1.29 is 4.79 Å². The van der Waals surface area contributed by atoms with E-state index in [2.05, 4.69) is 44.7 Å². The summed E-state index contributed by atoms with van der Waals surface area (Å²) < 4.78 is 0. The van der Waals surface area contributed by atoms with Gasteiger partial charge in [-0.1, -0.05) is 45.0 Å². The molecule has 0 spiro atoms. The van der Waals surface area contributed by atoms with Gasteiger partial charge in [-0.15, -0.1) is 0 Å². The number of hydrogen-bond donors (Lipinski definition) is 0. The third-order valence-corrected chi connectivity index (χ3v) is 4.50. The van der Waals surface area contributed by atoms with E-state index in [1.54, 1.807) is 0 Å². The van der Waals surface area contributed by atoms with Crippen LogP contribution >= 0.6 is 0 Å². The molecule has 0 saturated carbocycles. The number of carbonyl (C=O) groups excluding carboxylic acids is 1. The van der Waals surface area contributed by atoms with Gasteiger partial charge in [0.1, 0.15) is 0 Å². The molecule has 2 heteroatoms. The highest BCUT2D eigenvalue weighted by Crippen LogP contribution is 2.30. The first-order chi connectivity index (χ1) is 9.43. The predicted molar refractivity (Wildman–Crippen MR) is 84.2 cm³/mol. The van der Waals surface area contributed by atoms with E-state index in [1.165, 1.54) is 18.4 Å². The molecule has 1 unspecified atom stereocenters. The predicted octanol–water partition coefficient (Wildman–Crippen LogP) is 3.94. The molecule has 0 N–H and O–H groups in total. The van der Waals surface area contributed by atoms with Crippen molar-refractivity contribution in [3.63, 3.8) is 0 Å². The van der Waals surface area contributed by atoms with E-state index in [0.717, 1.165) is 25.1 Å². The molecule has 1 fully saturated rings. The zero-order chi connectivity index (χ0) is 14.8. The van der Waals surface area contributed by atoms with Crippen LogP contribution in [0.2, 0.25) is 0 Å². The van der Waals surface area contributed by atoms with Gasteiger partial charge in [-0.3, -0.25) is 9.69 Å². The standard InChI is InChI=1S/C18H27NO/c1-5-15-7-9-16(10-8-15)17(20)14(2)19-12-6-11-18(3,4)13-19/h7-10,14H,5-6,11-13H2,1-4H3. The minimum atomic E-state index is -0.0120. The van der Waals surface area contributed by atoms with Gasteiger partial charge in [0.05, 0.1) is 6.04 Å². The summed E-state index contributed by atoms with van der Waals surface area (Å²) >= 11 is 0. The van der Waals surface area contributed by atoms with Crippen LogP contribution in [0, 0.1) is 5.41 Å². The first kappa shape index (κ1) is 15.2. The molecule has 1 aromatic rings.